The molecular weight excluding hydrogens is 374 g/mol. The van der Waals surface area contributed by atoms with Gasteiger partial charge in [-0.05, 0) is 55.8 Å². The minimum absolute atomic E-state index is 0.0256. The van der Waals surface area contributed by atoms with Crippen molar-refractivity contribution in [3.63, 3.8) is 0 Å². The number of nitrogens with one attached hydrogen (secondary N) is 1. The zero-order valence-electron chi connectivity index (χ0n) is 17.4. The number of nitrogens with zero attached hydrogens (tertiary/aromatic N) is 2. The van der Waals surface area contributed by atoms with Gasteiger partial charge in [-0.15, -0.1) is 0 Å². The van der Waals surface area contributed by atoms with Gasteiger partial charge in [0.2, 0.25) is 0 Å². The summed E-state index contributed by atoms with van der Waals surface area (Å²) in [6.07, 6.45) is 0. The van der Waals surface area contributed by atoms with Crippen LogP contribution in [0, 0.1) is 5.92 Å². The van der Waals surface area contributed by atoms with Crippen molar-refractivity contribution in [1.29, 1.82) is 0 Å². The zero-order valence-corrected chi connectivity index (χ0v) is 17.4. The Morgan fingerprint density at radius 2 is 1.57 bits per heavy atom. The number of benzene rings is 3. The monoisotopic (exact) mass is 399 g/mol. The van der Waals surface area contributed by atoms with Crippen molar-refractivity contribution < 1.29 is 9.53 Å². The molecule has 0 spiro atoms. The Kier molecular flexibility index (Phi) is 5.38. The van der Waals surface area contributed by atoms with Crippen LogP contribution in [0.1, 0.15) is 19.4 Å². The lowest BCUT2D eigenvalue weighted by Gasteiger charge is -2.30. The second kappa shape index (κ2) is 8.13. The van der Waals surface area contributed by atoms with Gasteiger partial charge in [-0.25, -0.2) is 10.4 Å². The molecule has 152 valence electrons. The first-order chi connectivity index (χ1) is 14.5. The first-order valence-corrected chi connectivity index (χ1v) is 9.94. The molecule has 0 unspecified atom stereocenters. The molecule has 1 aliphatic rings. The van der Waals surface area contributed by atoms with E-state index in [4.69, 9.17) is 9.73 Å². The molecule has 1 heterocycles. The van der Waals surface area contributed by atoms with Gasteiger partial charge in [-0.2, -0.15) is 0 Å². The topological polar surface area (TPSA) is 53.9 Å². The molecule has 0 radical (unpaired) electrons. The SMILES string of the molecule is COc1ccc(N=C(C)[C@H]2C(=O)N(c3ccccc3)N[C@]2(C)c2ccccc2)cc1. The Balaban J connectivity index is 1.77. The predicted octanol–water partition coefficient (Wildman–Crippen LogP) is 4.87. The maximum atomic E-state index is 13.6. The third-order valence-electron chi connectivity index (χ3n) is 5.57. The van der Waals surface area contributed by atoms with Gasteiger partial charge in [0.05, 0.1) is 24.0 Å². The molecule has 5 heteroatoms. The van der Waals surface area contributed by atoms with Crippen molar-refractivity contribution in [1.82, 2.24) is 5.43 Å². The number of carbonyl (C=O) groups excluding carboxylic acids is 1. The Labute approximate surface area is 177 Å². The summed E-state index contributed by atoms with van der Waals surface area (Å²) in [5.41, 5.74) is 6.22. The van der Waals surface area contributed by atoms with Crippen molar-refractivity contribution in [3.8, 4) is 5.75 Å². The lowest BCUT2D eigenvalue weighted by molar-refractivity contribution is -0.119. The predicted molar refractivity (Wildman–Crippen MR) is 120 cm³/mol. The normalized spacial score (nSPS) is 21.7. The summed E-state index contributed by atoms with van der Waals surface area (Å²) in [7, 11) is 1.63. The van der Waals surface area contributed by atoms with E-state index in [0.717, 1.165) is 28.4 Å². The summed E-state index contributed by atoms with van der Waals surface area (Å²) in [4.78, 5) is 18.4. The van der Waals surface area contributed by atoms with Gasteiger partial charge >= 0.3 is 0 Å². The quantitative estimate of drug-likeness (QED) is 0.623. The number of carbonyl (C=O) groups is 1. The molecule has 1 N–H and O–H groups in total. The van der Waals surface area contributed by atoms with Gasteiger partial charge in [-0.1, -0.05) is 48.5 Å². The van der Waals surface area contributed by atoms with Gasteiger partial charge in [0.25, 0.3) is 5.91 Å². The highest BCUT2D eigenvalue weighted by Gasteiger charge is 2.52. The molecular formula is C25H25N3O2. The van der Waals surface area contributed by atoms with Crippen molar-refractivity contribution in [2.24, 2.45) is 10.9 Å². The van der Waals surface area contributed by atoms with Crippen molar-refractivity contribution >= 4 is 23.0 Å². The minimum Gasteiger partial charge on any atom is -0.497 e. The average molecular weight is 399 g/mol. The number of para-hydroxylation sites is 1. The Morgan fingerprint density at radius 1 is 0.967 bits per heavy atom. The molecule has 3 aromatic carbocycles. The number of amides is 1. The standard InChI is InChI=1S/C25H25N3O2/c1-18(26-20-14-16-22(30-3)17-15-20)23-24(29)28(21-12-8-5-9-13-21)27-25(23,2)19-10-6-4-7-11-19/h4-17,23,27H,1-3H3/t23-,25+/m0/s1. The van der Waals surface area contributed by atoms with E-state index in [-0.39, 0.29) is 5.91 Å². The molecule has 5 nitrogen and oxygen atoms in total. The van der Waals surface area contributed by atoms with Crippen LogP contribution in [0.15, 0.2) is 89.9 Å². The van der Waals surface area contributed by atoms with Crippen LogP contribution in [0.3, 0.4) is 0 Å². The van der Waals surface area contributed by atoms with Crippen LogP contribution in [0.4, 0.5) is 11.4 Å². The first-order valence-electron chi connectivity index (χ1n) is 9.94. The highest BCUT2D eigenvalue weighted by atomic mass is 16.5. The van der Waals surface area contributed by atoms with E-state index in [1.807, 2.05) is 91.9 Å². The lowest BCUT2D eigenvalue weighted by atomic mass is 9.78. The third-order valence-corrected chi connectivity index (χ3v) is 5.57. The molecule has 1 aliphatic heterocycles. The number of ether oxygens (including phenoxy) is 1. The first kappa shape index (κ1) is 19.9. The molecule has 0 saturated carbocycles. The molecule has 0 bridgehead atoms. The van der Waals surface area contributed by atoms with Crippen molar-refractivity contribution in [2.75, 3.05) is 12.1 Å². The summed E-state index contributed by atoms with van der Waals surface area (Å²) >= 11 is 0. The van der Waals surface area contributed by atoms with E-state index in [1.54, 1.807) is 12.1 Å². The van der Waals surface area contributed by atoms with Gasteiger partial charge in [-0.3, -0.25) is 9.79 Å². The second-order valence-corrected chi connectivity index (χ2v) is 7.57. The number of methoxy groups -OCH3 is 1. The molecule has 1 saturated heterocycles. The van der Waals surface area contributed by atoms with Crippen LogP contribution in [-0.2, 0) is 10.3 Å². The molecule has 1 amide bonds. The minimum atomic E-state index is -0.631. The average Bonchev–Trinajstić information content (AvgIpc) is 3.07. The highest BCUT2D eigenvalue weighted by molar-refractivity contribution is 6.13. The lowest BCUT2D eigenvalue weighted by Crippen LogP contribution is -2.45. The molecule has 3 aromatic rings. The molecule has 4 rings (SSSR count). The fourth-order valence-electron chi connectivity index (χ4n) is 4.03. The zero-order chi connectivity index (χ0) is 21.1. The van der Waals surface area contributed by atoms with Crippen molar-refractivity contribution in [3.05, 3.63) is 90.5 Å². The number of rotatable bonds is 5. The summed E-state index contributed by atoms with van der Waals surface area (Å²) in [5, 5.41) is 1.64. The maximum Gasteiger partial charge on any atom is 0.252 e. The largest absolute Gasteiger partial charge is 0.497 e. The van der Waals surface area contributed by atoms with Crippen LogP contribution in [0.2, 0.25) is 0 Å². The third kappa shape index (κ3) is 3.60. The van der Waals surface area contributed by atoms with E-state index in [2.05, 4.69) is 12.3 Å². The van der Waals surface area contributed by atoms with Gasteiger partial charge in [0.15, 0.2) is 0 Å². The Morgan fingerprint density at radius 3 is 2.17 bits per heavy atom. The smallest absolute Gasteiger partial charge is 0.252 e. The van der Waals surface area contributed by atoms with Crippen LogP contribution >= 0.6 is 0 Å². The van der Waals surface area contributed by atoms with E-state index in [9.17, 15) is 4.79 Å². The van der Waals surface area contributed by atoms with Crippen LogP contribution in [0.25, 0.3) is 0 Å². The van der Waals surface area contributed by atoms with Gasteiger partial charge in [0.1, 0.15) is 11.7 Å². The maximum absolute atomic E-state index is 13.6. The van der Waals surface area contributed by atoms with E-state index >= 15 is 0 Å². The number of aliphatic imine (C=N–C) groups is 1. The van der Waals surface area contributed by atoms with Gasteiger partial charge in [0, 0.05) is 5.71 Å². The summed E-state index contributed by atoms with van der Waals surface area (Å²) < 4.78 is 5.23. The molecule has 0 aromatic heterocycles. The fraction of sp³-hybridized carbons (Fsp3) is 0.200. The van der Waals surface area contributed by atoms with E-state index in [1.165, 1.54) is 0 Å². The number of hydrogen-bond donors (Lipinski definition) is 1. The molecule has 30 heavy (non-hydrogen) atoms. The second-order valence-electron chi connectivity index (χ2n) is 7.57. The van der Waals surface area contributed by atoms with Gasteiger partial charge < -0.3 is 4.74 Å². The number of anilines is 1. The highest BCUT2D eigenvalue weighted by Crippen LogP contribution is 2.39. The molecule has 1 fully saturated rings. The fourth-order valence-corrected chi connectivity index (χ4v) is 4.03. The van der Waals surface area contributed by atoms with Crippen molar-refractivity contribution in [2.45, 2.75) is 19.4 Å². The number of hydrogen-bond acceptors (Lipinski definition) is 4. The van der Waals surface area contributed by atoms with Crippen LogP contribution in [0.5, 0.6) is 5.75 Å². The van der Waals surface area contributed by atoms with E-state index in [0.29, 0.717) is 0 Å². The van der Waals surface area contributed by atoms with Crippen LogP contribution in [-0.4, -0.2) is 18.7 Å². The Bertz CT molecular complexity index is 1050. The van der Waals surface area contributed by atoms with Crippen LogP contribution < -0.4 is 15.2 Å². The summed E-state index contributed by atoms with van der Waals surface area (Å²) in [5.74, 6) is 0.291. The number of hydrazine groups is 1. The molecule has 0 aliphatic carbocycles. The molecule has 2 atom stereocenters. The summed E-state index contributed by atoms with van der Waals surface area (Å²) in [6, 6.07) is 27.2. The Hall–Kier alpha value is -3.44. The summed E-state index contributed by atoms with van der Waals surface area (Å²) in [6.45, 7) is 3.98. The van der Waals surface area contributed by atoms with E-state index < -0.39 is 11.5 Å².